The van der Waals surface area contributed by atoms with E-state index in [1.807, 2.05) is 0 Å². The maximum Gasteiger partial charge on any atom is -0.0223 e. The van der Waals surface area contributed by atoms with Crippen LogP contribution in [0.5, 0.6) is 0 Å². The molecule has 0 radical (unpaired) electrons. The Morgan fingerprint density at radius 3 is 2.92 bits per heavy atom. The summed E-state index contributed by atoms with van der Waals surface area (Å²) in [4.78, 5) is 0. The van der Waals surface area contributed by atoms with Crippen molar-refractivity contribution in [2.75, 3.05) is 0 Å². The van der Waals surface area contributed by atoms with E-state index in [9.17, 15) is 0 Å². The van der Waals surface area contributed by atoms with Gasteiger partial charge in [0.15, 0.2) is 0 Å². The van der Waals surface area contributed by atoms with Gasteiger partial charge in [-0.15, -0.1) is 0 Å². The molecule has 0 aromatic heterocycles. The normalized spacial score (nSPS) is 35.2. The van der Waals surface area contributed by atoms with Crippen LogP contribution < -0.4 is 0 Å². The van der Waals surface area contributed by atoms with Gasteiger partial charge >= 0.3 is 0 Å². The highest BCUT2D eigenvalue weighted by molar-refractivity contribution is 5.33. The Morgan fingerprint density at radius 2 is 2.08 bits per heavy atom. The predicted octanol–water partition coefficient (Wildman–Crippen LogP) is 3.70. The van der Waals surface area contributed by atoms with Crippen LogP contribution >= 0.6 is 0 Å². The Kier molecular flexibility index (Phi) is 2.08. The summed E-state index contributed by atoms with van der Waals surface area (Å²) < 4.78 is 0. The molecule has 0 amide bonds. The largest absolute Gasteiger partial charge is 0.0842 e. The Balaban J connectivity index is 2.25. The fourth-order valence-electron chi connectivity index (χ4n) is 2.52. The monoisotopic (exact) mass is 162 g/mol. The van der Waals surface area contributed by atoms with Gasteiger partial charge in [-0.2, -0.15) is 0 Å². The number of allylic oxidation sites excluding steroid dienone is 4. The van der Waals surface area contributed by atoms with Crippen LogP contribution in [0.1, 0.15) is 39.5 Å². The van der Waals surface area contributed by atoms with Crippen LogP contribution in [-0.4, -0.2) is 0 Å². The lowest BCUT2D eigenvalue weighted by Crippen LogP contribution is -1.98. The lowest BCUT2D eigenvalue weighted by molar-refractivity contribution is 0.556. The second-order valence-corrected chi connectivity index (χ2v) is 4.44. The van der Waals surface area contributed by atoms with Crippen LogP contribution in [0.3, 0.4) is 0 Å². The first-order valence-electron chi connectivity index (χ1n) is 5.16. The summed E-state index contributed by atoms with van der Waals surface area (Å²) in [5.74, 6) is 1.75. The van der Waals surface area contributed by atoms with Crippen LogP contribution in [0.15, 0.2) is 23.3 Å². The molecule has 0 heteroatoms. The molecule has 0 spiro atoms. The maximum absolute atomic E-state index is 2.39. The fraction of sp³-hybridized carbons (Fsp3) is 0.667. The zero-order chi connectivity index (χ0) is 8.55. The van der Waals surface area contributed by atoms with Gasteiger partial charge in [0.2, 0.25) is 0 Å². The number of rotatable bonds is 0. The van der Waals surface area contributed by atoms with Gasteiger partial charge in [-0.1, -0.05) is 31.6 Å². The Morgan fingerprint density at radius 1 is 1.25 bits per heavy atom. The molecular formula is C12H18. The second-order valence-electron chi connectivity index (χ2n) is 4.44. The Hall–Kier alpha value is -0.520. The molecule has 0 bridgehead atoms. The van der Waals surface area contributed by atoms with E-state index < -0.39 is 0 Å². The Bertz CT molecular complexity index is 232. The van der Waals surface area contributed by atoms with Crippen molar-refractivity contribution < 1.29 is 0 Å². The maximum atomic E-state index is 2.39. The van der Waals surface area contributed by atoms with E-state index in [0.29, 0.717) is 0 Å². The van der Waals surface area contributed by atoms with Crippen LogP contribution in [-0.2, 0) is 0 Å². The molecule has 0 saturated heterocycles. The first-order chi connectivity index (χ1) is 5.77. The van der Waals surface area contributed by atoms with E-state index in [1.165, 1.54) is 25.7 Å². The van der Waals surface area contributed by atoms with Crippen molar-refractivity contribution in [2.24, 2.45) is 11.8 Å². The smallest absolute Gasteiger partial charge is 0.0223 e. The molecule has 2 aliphatic rings. The third-order valence-corrected chi connectivity index (χ3v) is 3.23. The lowest BCUT2D eigenvalue weighted by atomic mass is 9.94. The first kappa shape index (κ1) is 8.10. The molecule has 12 heavy (non-hydrogen) atoms. The molecule has 2 atom stereocenters. The second kappa shape index (κ2) is 3.08. The minimum Gasteiger partial charge on any atom is -0.0842 e. The Labute approximate surface area is 75.4 Å². The van der Waals surface area contributed by atoms with Gasteiger partial charge in [-0.25, -0.2) is 0 Å². The van der Waals surface area contributed by atoms with Crippen LogP contribution in [0.2, 0.25) is 0 Å². The van der Waals surface area contributed by atoms with Gasteiger partial charge in [0.1, 0.15) is 0 Å². The summed E-state index contributed by atoms with van der Waals surface area (Å²) in [5.41, 5.74) is 3.42. The summed E-state index contributed by atoms with van der Waals surface area (Å²) in [6.45, 7) is 4.76. The number of hydrogen-bond acceptors (Lipinski definition) is 0. The molecule has 2 aliphatic carbocycles. The molecule has 0 nitrogen and oxygen atoms in total. The van der Waals surface area contributed by atoms with Gasteiger partial charge in [-0.3, -0.25) is 0 Å². The third kappa shape index (κ3) is 1.35. The summed E-state index contributed by atoms with van der Waals surface area (Å²) in [7, 11) is 0. The molecule has 0 N–H and O–H groups in total. The van der Waals surface area contributed by atoms with E-state index in [4.69, 9.17) is 0 Å². The zero-order valence-electron chi connectivity index (χ0n) is 8.14. The molecular weight excluding hydrogens is 144 g/mol. The SMILES string of the molecule is CC1CC2=C(C1)C(C)CCC=C2. The summed E-state index contributed by atoms with van der Waals surface area (Å²) in [6, 6.07) is 0. The highest BCUT2D eigenvalue weighted by Gasteiger charge is 2.23. The molecule has 2 rings (SSSR count). The van der Waals surface area contributed by atoms with Gasteiger partial charge in [0.05, 0.1) is 0 Å². The highest BCUT2D eigenvalue weighted by Crippen LogP contribution is 2.39. The minimum absolute atomic E-state index is 0.847. The minimum atomic E-state index is 0.847. The molecule has 0 saturated carbocycles. The van der Waals surface area contributed by atoms with Crippen LogP contribution in [0.4, 0.5) is 0 Å². The third-order valence-electron chi connectivity index (χ3n) is 3.23. The molecule has 0 aromatic carbocycles. The van der Waals surface area contributed by atoms with E-state index in [2.05, 4.69) is 26.0 Å². The summed E-state index contributed by atoms with van der Waals surface area (Å²) in [5, 5.41) is 0. The van der Waals surface area contributed by atoms with Gasteiger partial charge in [0, 0.05) is 0 Å². The van der Waals surface area contributed by atoms with Gasteiger partial charge in [0.25, 0.3) is 0 Å². The van der Waals surface area contributed by atoms with Crippen molar-refractivity contribution >= 4 is 0 Å². The quantitative estimate of drug-likeness (QED) is 0.509. The molecule has 2 unspecified atom stereocenters. The van der Waals surface area contributed by atoms with Crippen molar-refractivity contribution in [1.29, 1.82) is 0 Å². The molecule has 0 heterocycles. The highest BCUT2D eigenvalue weighted by atomic mass is 14.3. The average Bonchev–Trinajstić information content (AvgIpc) is 2.33. The molecule has 0 aromatic rings. The van der Waals surface area contributed by atoms with Crippen molar-refractivity contribution in [3.8, 4) is 0 Å². The predicted molar refractivity (Wildman–Crippen MR) is 53.0 cm³/mol. The molecule has 0 fully saturated rings. The molecule has 66 valence electrons. The number of hydrogen-bond donors (Lipinski definition) is 0. The van der Waals surface area contributed by atoms with Crippen molar-refractivity contribution in [3.05, 3.63) is 23.3 Å². The van der Waals surface area contributed by atoms with E-state index in [1.54, 1.807) is 11.1 Å². The van der Waals surface area contributed by atoms with Crippen LogP contribution in [0, 0.1) is 11.8 Å². The summed E-state index contributed by atoms with van der Waals surface area (Å²) in [6.07, 6.45) is 10.1. The van der Waals surface area contributed by atoms with Crippen LogP contribution in [0.25, 0.3) is 0 Å². The van der Waals surface area contributed by atoms with E-state index >= 15 is 0 Å². The summed E-state index contributed by atoms with van der Waals surface area (Å²) >= 11 is 0. The zero-order valence-corrected chi connectivity index (χ0v) is 8.14. The fourth-order valence-corrected chi connectivity index (χ4v) is 2.52. The lowest BCUT2D eigenvalue weighted by Gasteiger charge is -2.11. The standard InChI is InChI=1S/C12H18/c1-9-7-11-6-4-3-5-10(2)12(11)8-9/h4,6,9-10H,3,5,7-8H2,1-2H3. The van der Waals surface area contributed by atoms with Gasteiger partial charge < -0.3 is 0 Å². The molecule has 0 aliphatic heterocycles. The van der Waals surface area contributed by atoms with Crippen molar-refractivity contribution in [3.63, 3.8) is 0 Å². The van der Waals surface area contributed by atoms with Crippen molar-refractivity contribution in [2.45, 2.75) is 39.5 Å². The van der Waals surface area contributed by atoms with Gasteiger partial charge in [-0.05, 0) is 43.1 Å². The van der Waals surface area contributed by atoms with Crippen molar-refractivity contribution in [1.82, 2.24) is 0 Å². The van der Waals surface area contributed by atoms with E-state index in [0.717, 1.165) is 11.8 Å². The topological polar surface area (TPSA) is 0 Å². The average molecular weight is 162 g/mol. The van der Waals surface area contributed by atoms with E-state index in [-0.39, 0.29) is 0 Å². The first-order valence-corrected chi connectivity index (χ1v) is 5.16.